The zero-order valence-electron chi connectivity index (χ0n) is 9.35. The van der Waals surface area contributed by atoms with E-state index in [-0.39, 0.29) is 18.2 Å². The highest BCUT2D eigenvalue weighted by Crippen LogP contribution is 2.22. The Balaban J connectivity index is 0.00000256. The van der Waals surface area contributed by atoms with Crippen molar-refractivity contribution in [2.24, 2.45) is 5.73 Å². The van der Waals surface area contributed by atoms with E-state index in [1.165, 1.54) is 12.1 Å². The van der Waals surface area contributed by atoms with Crippen molar-refractivity contribution in [2.45, 2.75) is 32.1 Å². The second kappa shape index (κ2) is 7.42. The van der Waals surface area contributed by atoms with Crippen LogP contribution in [-0.4, -0.2) is 17.8 Å². The second-order valence-corrected chi connectivity index (χ2v) is 3.45. The summed E-state index contributed by atoms with van der Waals surface area (Å²) in [6.07, 6.45) is -0.192. The molecule has 3 nitrogen and oxygen atoms in total. The third-order valence-corrected chi connectivity index (χ3v) is 2.30. The Morgan fingerprint density at radius 2 is 2.06 bits per heavy atom. The SMILES string of the molecule is CC[C@@H](O)[C@@H](N)c1cccc(OC(F)F)c1.Cl. The first kappa shape index (κ1) is 16.1. The summed E-state index contributed by atoms with van der Waals surface area (Å²) in [4.78, 5) is 0. The highest BCUT2D eigenvalue weighted by atomic mass is 35.5. The number of aliphatic hydroxyl groups excluding tert-OH is 1. The van der Waals surface area contributed by atoms with Gasteiger partial charge in [0.05, 0.1) is 12.1 Å². The van der Waals surface area contributed by atoms with E-state index < -0.39 is 18.8 Å². The largest absolute Gasteiger partial charge is 0.435 e. The first-order valence-corrected chi connectivity index (χ1v) is 5.03. The van der Waals surface area contributed by atoms with Gasteiger partial charge in [-0.2, -0.15) is 8.78 Å². The molecule has 0 aliphatic carbocycles. The number of halogens is 3. The summed E-state index contributed by atoms with van der Waals surface area (Å²) in [5.41, 5.74) is 6.33. The molecule has 0 saturated carbocycles. The molecule has 0 radical (unpaired) electrons. The number of nitrogens with two attached hydrogens (primary N) is 1. The van der Waals surface area contributed by atoms with Gasteiger partial charge in [0.1, 0.15) is 5.75 Å². The molecular weight excluding hydrogens is 252 g/mol. The minimum Gasteiger partial charge on any atom is -0.435 e. The van der Waals surface area contributed by atoms with Gasteiger partial charge in [-0.25, -0.2) is 0 Å². The zero-order chi connectivity index (χ0) is 12.1. The van der Waals surface area contributed by atoms with Crippen LogP contribution in [0.4, 0.5) is 8.78 Å². The van der Waals surface area contributed by atoms with E-state index in [2.05, 4.69) is 4.74 Å². The van der Waals surface area contributed by atoms with Crippen LogP contribution < -0.4 is 10.5 Å². The molecule has 3 N–H and O–H groups in total. The summed E-state index contributed by atoms with van der Waals surface area (Å²) in [5, 5.41) is 9.54. The third-order valence-electron chi connectivity index (χ3n) is 2.30. The zero-order valence-corrected chi connectivity index (χ0v) is 10.2. The van der Waals surface area contributed by atoms with Gasteiger partial charge >= 0.3 is 6.61 Å². The van der Waals surface area contributed by atoms with Crippen LogP contribution in [0, 0.1) is 0 Å². The predicted molar refractivity (Wildman–Crippen MR) is 63.5 cm³/mol. The molecule has 0 spiro atoms. The van der Waals surface area contributed by atoms with E-state index in [1.54, 1.807) is 19.1 Å². The maximum absolute atomic E-state index is 12.0. The summed E-state index contributed by atoms with van der Waals surface area (Å²) >= 11 is 0. The van der Waals surface area contributed by atoms with Gasteiger partial charge in [0.25, 0.3) is 0 Å². The molecule has 98 valence electrons. The van der Waals surface area contributed by atoms with Gasteiger partial charge in [-0.1, -0.05) is 19.1 Å². The smallest absolute Gasteiger partial charge is 0.387 e. The van der Waals surface area contributed by atoms with Crippen LogP contribution in [0.3, 0.4) is 0 Å². The normalized spacial score (nSPS) is 14.0. The summed E-state index contributed by atoms with van der Waals surface area (Å²) in [5.74, 6) is 0.0475. The average molecular weight is 268 g/mol. The van der Waals surface area contributed by atoms with Crippen LogP contribution in [-0.2, 0) is 0 Å². The van der Waals surface area contributed by atoms with E-state index in [0.717, 1.165) is 0 Å². The van der Waals surface area contributed by atoms with Gasteiger partial charge in [0, 0.05) is 0 Å². The standard InChI is InChI=1S/C11H15F2NO2.ClH/c1-2-9(15)10(14)7-4-3-5-8(6-7)16-11(12)13;/h3-6,9-11,15H,2,14H2,1H3;1H/t9-,10+;/m1./s1. The van der Waals surface area contributed by atoms with Crippen molar-refractivity contribution in [1.82, 2.24) is 0 Å². The molecule has 0 bridgehead atoms. The molecular formula is C11H16ClF2NO2. The van der Waals surface area contributed by atoms with Crippen LogP contribution >= 0.6 is 12.4 Å². The van der Waals surface area contributed by atoms with Crippen LogP contribution in [0.2, 0.25) is 0 Å². The van der Waals surface area contributed by atoms with Crippen molar-refractivity contribution in [2.75, 3.05) is 0 Å². The van der Waals surface area contributed by atoms with E-state index >= 15 is 0 Å². The quantitative estimate of drug-likeness (QED) is 0.862. The lowest BCUT2D eigenvalue weighted by Crippen LogP contribution is -2.25. The molecule has 2 atom stereocenters. The van der Waals surface area contributed by atoms with Crippen LogP contribution in [0.5, 0.6) is 5.75 Å². The highest BCUT2D eigenvalue weighted by Gasteiger charge is 2.15. The lowest BCUT2D eigenvalue weighted by atomic mass is 10.0. The third kappa shape index (κ3) is 4.85. The number of hydrogen-bond donors (Lipinski definition) is 2. The second-order valence-electron chi connectivity index (χ2n) is 3.45. The fourth-order valence-corrected chi connectivity index (χ4v) is 1.37. The molecule has 1 aromatic carbocycles. The Labute approximate surface area is 105 Å². The Morgan fingerprint density at radius 3 is 2.59 bits per heavy atom. The average Bonchev–Trinajstić information content (AvgIpc) is 2.26. The van der Waals surface area contributed by atoms with Crippen LogP contribution in [0.1, 0.15) is 24.9 Å². The van der Waals surface area contributed by atoms with Crippen LogP contribution in [0.15, 0.2) is 24.3 Å². The number of hydrogen-bond acceptors (Lipinski definition) is 3. The molecule has 0 saturated heterocycles. The Morgan fingerprint density at radius 1 is 1.41 bits per heavy atom. The molecule has 0 aliphatic heterocycles. The Kier molecular flexibility index (Phi) is 7.03. The van der Waals surface area contributed by atoms with Gasteiger partial charge in [-0.05, 0) is 24.1 Å². The molecule has 1 rings (SSSR count). The fraction of sp³-hybridized carbons (Fsp3) is 0.455. The van der Waals surface area contributed by atoms with Gasteiger partial charge in [-0.15, -0.1) is 12.4 Å². The maximum atomic E-state index is 12.0. The minimum atomic E-state index is -2.86. The van der Waals surface area contributed by atoms with Crippen molar-refractivity contribution < 1.29 is 18.6 Å². The fourth-order valence-electron chi connectivity index (χ4n) is 1.37. The molecule has 0 unspecified atom stereocenters. The highest BCUT2D eigenvalue weighted by molar-refractivity contribution is 5.85. The lowest BCUT2D eigenvalue weighted by Gasteiger charge is -2.18. The number of benzene rings is 1. The topological polar surface area (TPSA) is 55.5 Å². The van der Waals surface area contributed by atoms with E-state index in [9.17, 15) is 13.9 Å². The molecule has 0 heterocycles. The minimum absolute atomic E-state index is 0. The number of ether oxygens (including phenoxy) is 1. The van der Waals surface area contributed by atoms with Crippen molar-refractivity contribution in [3.63, 3.8) is 0 Å². The number of alkyl halides is 2. The summed E-state index contributed by atoms with van der Waals surface area (Å²) in [6, 6.07) is 5.47. The molecule has 1 aromatic rings. The molecule has 0 amide bonds. The van der Waals surface area contributed by atoms with Gasteiger partial charge in [0.15, 0.2) is 0 Å². The molecule has 6 heteroatoms. The first-order chi connectivity index (χ1) is 7.54. The predicted octanol–water partition coefficient (Wildman–Crippen LogP) is 2.48. The van der Waals surface area contributed by atoms with Gasteiger partial charge in [-0.3, -0.25) is 0 Å². The lowest BCUT2D eigenvalue weighted by molar-refractivity contribution is -0.0499. The molecule has 0 fully saturated rings. The first-order valence-electron chi connectivity index (χ1n) is 5.03. The van der Waals surface area contributed by atoms with Crippen molar-refractivity contribution in [3.05, 3.63) is 29.8 Å². The summed E-state index contributed by atoms with van der Waals surface area (Å²) < 4.78 is 28.2. The van der Waals surface area contributed by atoms with Crippen molar-refractivity contribution in [3.8, 4) is 5.75 Å². The number of rotatable bonds is 5. The van der Waals surface area contributed by atoms with E-state index in [1.807, 2.05) is 0 Å². The monoisotopic (exact) mass is 267 g/mol. The van der Waals surface area contributed by atoms with E-state index in [0.29, 0.717) is 12.0 Å². The van der Waals surface area contributed by atoms with Crippen molar-refractivity contribution in [1.29, 1.82) is 0 Å². The molecule has 17 heavy (non-hydrogen) atoms. The Hall–Kier alpha value is -0.910. The molecule has 0 aliphatic rings. The summed E-state index contributed by atoms with van der Waals surface area (Å²) in [6.45, 7) is -1.06. The van der Waals surface area contributed by atoms with Crippen molar-refractivity contribution >= 4 is 12.4 Å². The van der Waals surface area contributed by atoms with E-state index in [4.69, 9.17) is 5.73 Å². The summed E-state index contributed by atoms with van der Waals surface area (Å²) in [7, 11) is 0. The van der Waals surface area contributed by atoms with Crippen LogP contribution in [0.25, 0.3) is 0 Å². The number of aliphatic hydroxyl groups is 1. The maximum Gasteiger partial charge on any atom is 0.387 e. The molecule has 0 aromatic heterocycles. The van der Waals surface area contributed by atoms with Gasteiger partial charge < -0.3 is 15.6 Å². The Bertz CT molecular complexity index is 339. The van der Waals surface area contributed by atoms with Gasteiger partial charge in [0.2, 0.25) is 0 Å².